The number of anilines is 1. The molecule has 2 heterocycles. The molecule has 1 amide bonds. The molecule has 2 aliphatic heterocycles. The van der Waals surface area contributed by atoms with E-state index in [1.54, 1.807) is 30.3 Å². The smallest absolute Gasteiger partial charge is 0.262 e. The van der Waals surface area contributed by atoms with Crippen LogP contribution in [-0.4, -0.2) is 45.0 Å². The average molecular weight is 457 g/mol. The fourth-order valence-electron chi connectivity index (χ4n) is 5.13. The van der Waals surface area contributed by atoms with E-state index in [-0.39, 0.29) is 10.8 Å². The van der Waals surface area contributed by atoms with E-state index in [4.69, 9.17) is 9.47 Å². The molecule has 1 saturated heterocycles. The topological polar surface area (TPSA) is 84.9 Å². The van der Waals surface area contributed by atoms with Crippen molar-refractivity contribution in [3.8, 4) is 11.5 Å². The van der Waals surface area contributed by atoms with Gasteiger partial charge in [0.25, 0.3) is 15.9 Å². The van der Waals surface area contributed by atoms with E-state index < -0.39 is 10.0 Å². The highest BCUT2D eigenvalue weighted by molar-refractivity contribution is 7.92. The third-order valence-corrected chi connectivity index (χ3v) is 8.09. The van der Waals surface area contributed by atoms with Crippen LogP contribution in [-0.2, 0) is 10.0 Å². The fourth-order valence-corrected chi connectivity index (χ4v) is 6.20. The molecule has 32 heavy (non-hydrogen) atoms. The first-order valence-electron chi connectivity index (χ1n) is 11.3. The number of ether oxygens (including phenoxy) is 2. The lowest BCUT2D eigenvalue weighted by molar-refractivity contribution is 0.0390. The molecule has 170 valence electrons. The van der Waals surface area contributed by atoms with Crippen molar-refractivity contribution in [3.63, 3.8) is 0 Å². The predicted molar refractivity (Wildman–Crippen MR) is 121 cm³/mol. The van der Waals surface area contributed by atoms with Crippen LogP contribution in [0.2, 0.25) is 0 Å². The third kappa shape index (κ3) is 4.16. The molecular formula is C24H28N2O5S. The van der Waals surface area contributed by atoms with Crippen molar-refractivity contribution in [2.75, 3.05) is 24.5 Å². The summed E-state index contributed by atoms with van der Waals surface area (Å²) in [4.78, 5) is 15.3. The molecule has 1 saturated carbocycles. The minimum Gasteiger partial charge on any atom is -0.486 e. The first-order chi connectivity index (χ1) is 15.5. The maximum atomic E-state index is 13.2. The zero-order chi connectivity index (χ0) is 22.1. The Morgan fingerprint density at radius 3 is 2.44 bits per heavy atom. The van der Waals surface area contributed by atoms with Crippen LogP contribution in [0.5, 0.6) is 11.5 Å². The monoisotopic (exact) mass is 456 g/mol. The Morgan fingerprint density at radius 2 is 1.62 bits per heavy atom. The lowest BCUT2D eigenvalue weighted by Crippen LogP contribution is -2.49. The summed E-state index contributed by atoms with van der Waals surface area (Å²) in [7, 11) is -3.80. The Balaban J connectivity index is 1.30. The number of sulfonamides is 1. The summed E-state index contributed by atoms with van der Waals surface area (Å²) in [6.45, 7) is 1.64. The van der Waals surface area contributed by atoms with Gasteiger partial charge in [-0.2, -0.15) is 0 Å². The van der Waals surface area contributed by atoms with Crippen LogP contribution in [0.15, 0.2) is 47.4 Å². The second-order valence-corrected chi connectivity index (χ2v) is 10.4. The molecule has 1 N–H and O–H groups in total. The number of hydrogen-bond acceptors (Lipinski definition) is 5. The summed E-state index contributed by atoms with van der Waals surface area (Å²) in [6, 6.07) is 11.6. The average Bonchev–Trinajstić information content (AvgIpc) is 2.83. The summed E-state index contributed by atoms with van der Waals surface area (Å²) < 4.78 is 39.2. The van der Waals surface area contributed by atoms with Crippen LogP contribution < -0.4 is 14.2 Å². The van der Waals surface area contributed by atoms with Crippen molar-refractivity contribution in [2.45, 2.75) is 49.5 Å². The van der Waals surface area contributed by atoms with Gasteiger partial charge in [-0.1, -0.05) is 12.8 Å². The Bertz CT molecular complexity index is 1100. The van der Waals surface area contributed by atoms with Crippen LogP contribution in [0.4, 0.5) is 5.69 Å². The SMILES string of the molecule is O=C(c1ccc(NS(=O)(=O)c2ccc3c(c2)OCCO3)cc1)N1CCC[C@H]2CCCC[C@H]21. The highest BCUT2D eigenvalue weighted by Crippen LogP contribution is 2.36. The molecule has 7 nitrogen and oxygen atoms in total. The highest BCUT2D eigenvalue weighted by atomic mass is 32.2. The number of nitrogens with zero attached hydrogens (tertiary/aromatic N) is 1. The first kappa shape index (κ1) is 21.1. The van der Waals surface area contributed by atoms with E-state index in [9.17, 15) is 13.2 Å². The molecule has 2 fully saturated rings. The molecular weight excluding hydrogens is 428 g/mol. The van der Waals surface area contributed by atoms with Gasteiger partial charge in [0.15, 0.2) is 11.5 Å². The molecule has 0 aromatic heterocycles. The number of amides is 1. The maximum Gasteiger partial charge on any atom is 0.262 e. The zero-order valence-electron chi connectivity index (χ0n) is 18.0. The van der Waals surface area contributed by atoms with Gasteiger partial charge in [-0.15, -0.1) is 0 Å². The Labute approximate surface area is 188 Å². The molecule has 2 atom stereocenters. The van der Waals surface area contributed by atoms with Crippen molar-refractivity contribution in [3.05, 3.63) is 48.0 Å². The highest BCUT2D eigenvalue weighted by Gasteiger charge is 2.36. The number of likely N-dealkylation sites (tertiary alicyclic amines) is 1. The molecule has 3 aliphatic rings. The van der Waals surface area contributed by atoms with Crippen LogP contribution >= 0.6 is 0 Å². The Hall–Kier alpha value is -2.74. The van der Waals surface area contributed by atoms with Gasteiger partial charge in [0.05, 0.1) is 4.90 Å². The molecule has 0 unspecified atom stereocenters. The van der Waals surface area contributed by atoms with Gasteiger partial charge in [0.2, 0.25) is 0 Å². The van der Waals surface area contributed by atoms with Crippen molar-refractivity contribution in [1.29, 1.82) is 0 Å². The fraction of sp³-hybridized carbons (Fsp3) is 0.458. The van der Waals surface area contributed by atoms with Crippen molar-refractivity contribution >= 4 is 21.6 Å². The predicted octanol–water partition coefficient (Wildman–Crippen LogP) is 4.05. The molecule has 8 heteroatoms. The summed E-state index contributed by atoms with van der Waals surface area (Å²) in [5, 5.41) is 0. The normalized spacial score (nSPS) is 22.7. The number of carbonyl (C=O) groups excluding carboxylic acids is 1. The van der Waals surface area contributed by atoms with Crippen LogP contribution in [0.1, 0.15) is 48.9 Å². The van der Waals surface area contributed by atoms with E-state index in [1.165, 1.54) is 37.8 Å². The number of fused-ring (bicyclic) bond motifs is 2. The minimum absolute atomic E-state index is 0.0443. The molecule has 2 aromatic rings. The summed E-state index contributed by atoms with van der Waals surface area (Å²) in [5.41, 5.74) is 1.00. The van der Waals surface area contributed by atoms with Crippen LogP contribution in [0, 0.1) is 5.92 Å². The van der Waals surface area contributed by atoms with Crippen LogP contribution in [0.25, 0.3) is 0 Å². The van der Waals surface area contributed by atoms with Crippen LogP contribution in [0.3, 0.4) is 0 Å². The van der Waals surface area contributed by atoms with E-state index in [2.05, 4.69) is 4.72 Å². The molecule has 2 aromatic carbocycles. The molecule has 0 spiro atoms. The third-order valence-electron chi connectivity index (χ3n) is 6.71. The minimum atomic E-state index is -3.80. The van der Waals surface area contributed by atoms with Crippen molar-refractivity contribution in [2.24, 2.45) is 5.92 Å². The second kappa shape index (κ2) is 8.65. The Kier molecular flexibility index (Phi) is 5.71. The first-order valence-corrected chi connectivity index (χ1v) is 12.8. The number of nitrogens with one attached hydrogen (secondary N) is 1. The lowest BCUT2D eigenvalue weighted by Gasteiger charge is -2.44. The summed E-state index contributed by atoms with van der Waals surface area (Å²) >= 11 is 0. The molecule has 0 bridgehead atoms. The van der Waals surface area contributed by atoms with Crippen molar-refractivity contribution < 1.29 is 22.7 Å². The van der Waals surface area contributed by atoms with Gasteiger partial charge in [-0.3, -0.25) is 9.52 Å². The van der Waals surface area contributed by atoms with Gasteiger partial charge in [0.1, 0.15) is 13.2 Å². The number of rotatable bonds is 4. The molecule has 1 aliphatic carbocycles. The largest absolute Gasteiger partial charge is 0.486 e. The van der Waals surface area contributed by atoms with Gasteiger partial charge < -0.3 is 14.4 Å². The second-order valence-electron chi connectivity index (χ2n) is 8.74. The zero-order valence-corrected chi connectivity index (χ0v) is 18.8. The lowest BCUT2D eigenvalue weighted by atomic mass is 9.78. The van der Waals surface area contributed by atoms with Gasteiger partial charge >= 0.3 is 0 Å². The Morgan fingerprint density at radius 1 is 0.906 bits per heavy atom. The maximum absolute atomic E-state index is 13.2. The number of carbonyl (C=O) groups is 1. The van der Waals surface area contributed by atoms with Gasteiger partial charge in [-0.25, -0.2) is 8.42 Å². The quantitative estimate of drug-likeness (QED) is 0.750. The van der Waals surface area contributed by atoms with Gasteiger partial charge in [0, 0.05) is 29.9 Å². The molecule has 5 rings (SSSR count). The molecule has 0 radical (unpaired) electrons. The van der Waals surface area contributed by atoms with E-state index in [0.29, 0.717) is 47.9 Å². The number of piperidine rings is 1. The number of benzene rings is 2. The summed E-state index contributed by atoms with van der Waals surface area (Å²) in [6.07, 6.45) is 7.03. The van der Waals surface area contributed by atoms with Crippen molar-refractivity contribution in [1.82, 2.24) is 4.90 Å². The standard InChI is InChI=1S/C24H28N2O5S/c27-24(26-13-3-5-17-4-1-2-6-21(17)26)18-7-9-19(10-8-18)25-32(28,29)20-11-12-22-23(16-20)31-15-14-30-22/h7-12,16-17,21,25H,1-6,13-15H2/t17-,21-/m1/s1. The van der Waals surface area contributed by atoms with E-state index in [1.807, 2.05) is 4.90 Å². The van der Waals surface area contributed by atoms with E-state index in [0.717, 1.165) is 19.4 Å². The summed E-state index contributed by atoms with van der Waals surface area (Å²) in [5.74, 6) is 1.62. The number of hydrogen-bond donors (Lipinski definition) is 1. The van der Waals surface area contributed by atoms with E-state index >= 15 is 0 Å². The van der Waals surface area contributed by atoms with Gasteiger partial charge in [-0.05, 0) is 68.0 Å².